The Morgan fingerprint density at radius 3 is 2.43 bits per heavy atom. The molecule has 0 aliphatic carbocycles. The number of benzene rings is 2. The first-order valence-corrected chi connectivity index (χ1v) is 17.3. The van der Waals surface area contributed by atoms with E-state index < -0.39 is 48.7 Å². The lowest BCUT2D eigenvalue weighted by Crippen LogP contribution is -2.51. The van der Waals surface area contributed by atoms with Gasteiger partial charge >= 0.3 is 19.3 Å². The summed E-state index contributed by atoms with van der Waals surface area (Å²) >= 11 is 0. The van der Waals surface area contributed by atoms with Crippen LogP contribution in [0.2, 0.25) is 0 Å². The van der Waals surface area contributed by atoms with E-state index in [9.17, 15) is 14.4 Å². The van der Waals surface area contributed by atoms with Crippen molar-refractivity contribution in [3.8, 4) is 22.8 Å². The van der Waals surface area contributed by atoms with E-state index in [-0.39, 0.29) is 25.2 Å². The van der Waals surface area contributed by atoms with Crippen molar-refractivity contribution < 1.29 is 42.6 Å². The molecule has 51 heavy (non-hydrogen) atoms. The Hall–Kier alpha value is -4.76. The van der Waals surface area contributed by atoms with Crippen molar-refractivity contribution in [1.82, 2.24) is 25.1 Å². The smallest absolute Gasteiger partial charge is 0.454 e. The number of aromatic nitrogens is 2. The molecule has 0 radical (unpaired) electrons. The fraction of sp³-hybridized carbons (Fsp3) is 0.500. The summed E-state index contributed by atoms with van der Waals surface area (Å²) in [5.41, 5.74) is 3.52. The molecule has 0 spiro atoms. The second kappa shape index (κ2) is 13.1. The quantitative estimate of drug-likeness (QED) is 0.342. The fourth-order valence-electron chi connectivity index (χ4n) is 6.91. The van der Waals surface area contributed by atoms with Crippen LogP contribution in [0.25, 0.3) is 11.3 Å². The number of imidazole rings is 1. The molecule has 3 atom stereocenters. The Balaban J connectivity index is 1.09. The number of likely N-dealkylation sites (tertiary alicyclic amines) is 1. The van der Waals surface area contributed by atoms with Gasteiger partial charge in [-0.05, 0) is 56.3 Å². The highest BCUT2D eigenvalue weighted by molar-refractivity contribution is 6.62. The van der Waals surface area contributed by atoms with Crippen LogP contribution in [0.3, 0.4) is 0 Å². The van der Waals surface area contributed by atoms with Crippen molar-refractivity contribution in [1.29, 1.82) is 0 Å². The molecule has 5 heterocycles. The lowest BCUT2D eigenvalue weighted by atomic mass is 9.79. The highest BCUT2D eigenvalue weighted by atomic mass is 16.7. The second-order valence-electron chi connectivity index (χ2n) is 14.8. The summed E-state index contributed by atoms with van der Waals surface area (Å²) in [6.45, 7) is 12.7. The number of fused-ring (bicyclic) bond motifs is 3. The summed E-state index contributed by atoms with van der Waals surface area (Å²) in [5, 5.41) is 2.67. The number of alkyl carbamates (subject to hydrolysis) is 1. The third kappa shape index (κ3) is 6.48. The van der Waals surface area contributed by atoms with Crippen LogP contribution in [0, 0.1) is 5.92 Å². The van der Waals surface area contributed by atoms with Gasteiger partial charge < -0.3 is 43.5 Å². The number of amides is 3. The van der Waals surface area contributed by atoms with E-state index >= 15 is 0 Å². The van der Waals surface area contributed by atoms with Crippen LogP contribution in [0.15, 0.2) is 42.6 Å². The minimum Gasteiger partial charge on any atom is -0.454 e. The number of carbonyl (C=O) groups excluding carboxylic acids is 3. The van der Waals surface area contributed by atoms with Gasteiger partial charge in [0.1, 0.15) is 18.0 Å². The van der Waals surface area contributed by atoms with Crippen molar-refractivity contribution in [2.24, 2.45) is 5.92 Å². The Morgan fingerprint density at radius 2 is 1.75 bits per heavy atom. The SMILES string of the molecule is COC(=O)NC(C(=O)N1C[C@H](OC(=O)N2Cc3ccc4c(c3C2)OCO4)C[C@H]1c1ncc(-c2ccc(B3OC(C)(C)C(C)(C)O3)cc2)[nH]1)C(C)C. The number of carbonyl (C=O) groups is 3. The molecule has 4 aliphatic rings. The van der Waals surface area contributed by atoms with Gasteiger partial charge in [-0.1, -0.05) is 44.2 Å². The van der Waals surface area contributed by atoms with E-state index in [1.807, 2.05) is 77.9 Å². The maximum atomic E-state index is 14.1. The minimum absolute atomic E-state index is 0.118. The Kier molecular flexibility index (Phi) is 8.90. The summed E-state index contributed by atoms with van der Waals surface area (Å²) in [4.78, 5) is 51.2. The maximum Gasteiger partial charge on any atom is 0.494 e. The number of nitrogens with zero attached hydrogens (tertiary/aromatic N) is 3. The molecule has 2 fully saturated rings. The monoisotopic (exact) mass is 701 g/mol. The Labute approximate surface area is 297 Å². The molecular weight excluding hydrogens is 657 g/mol. The highest BCUT2D eigenvalue weighted by Crippen LogP contribution is 2.42. The van der Waals surface area contributed by atoms with Crippen molar-refractivity contribution >= 4 is 30.7 Å². The summed E-state index contributed by atoms with van der Waals surface area (Å²) in [6, 6.07) is 10.2. The molecule has 2 N–H and O–H groups in total. The molecule has 0 saturated carbocycles. The molecule has 1 unspecified atom stereocenters. The average molecular weight is 702 g/mol. The van der Waals surface area contributed by atoms with E-state index in [0.717, 1.165) is 27.8 Å². The van der Waals surface area contributed by atoms with Crippen LogP contribution in [-0.2, 0) is 36.7 Å². The molecule has 3 amide bonds. The van der Waals surface area contributed by atoms with E-state index in [2.05, 4.69) is 10.3 Å². The topological polar surface area (TPSA) is 154 Å². The number of nitrogens with one attached hydrogen (secondary N) is 2. The lowest BCUT2D eigenvalue weighted by Gasteiger charge is -2.32. The summed E-state index contributed by atoms with van der Waals surface area (Å²) in [7, 11) is 0.770. The van der Waals surface area contributed by atoms with Crippen LogP contribution >= 0.6 is 0 Å². The van der Waals surface area contributed by atoms with Crippen molar-refractivity contribution in [2.45, 2.75) is 90.4 Å². The van der Waals surface area contributed by atoms with Crippen LogP contribution < -0.4 is 20.3 Å². The third-order valence-corrected chi connectivity index (χ3v) is 10.6. The predicted molar refractivity (Wildman–Crippen MR) is 185 cm³/mol. The molecule has 2 aromatic carbocycles. The van der Waals surface area contributed by atoms with Crippen molar-refractivity contribution in [2.75, 3.05) is 20.4 Å². The molecule has 1 aromatic heterocycles. The van der Waals surface area contributed by atoms with E-state index in [1.165, 1.54) is 7.11 Å². The van der Waals surface area contributed by atoms with Gasteiger partial charge in [-0.2, -0.15) is 0 Å². The normalized spacial score (nSPS) is 21.9. The number of ether oxygens (including phenoxy) is 4. The van der Waals surface area contributed by atoms with Gasteiger partial charge in [-0.25, -0.2) is 14.6 Å². The van der Waals surface area contributed by atoms with Crippen molar-refractivity contribution in [3.63, 3.8) is 0 Å². The van der Waals surface area contributed by atoms with E-state index in [1.54, 1.807) is 16.0 Å². The molecular formula is C36H44BN5O9. The number of methoxy groups -OCH3 is 1. The van der Waals surface area contributed by atoms with Crippen LogP contribution in [0.1, 0.15) is 71.0 Å². The van der Waals surface area contributed by atoms with Gasteiger partial charge in [-0.3, -0.25) is 9.69 Å². The van der Waals surface area contributed by atoms with Gasteiger partial charge in [-0.15, -0.1) is 0 Å². The lowest BCUT2D eigenvalue weighted by molar-refractivity contribution is -0.135. The molecule has 15 heteroatoms. The van der Waals surface area contributed by atoms with Gasteiger partial charge in [0.05, 0.1) is 49.3 Å². The first-order chi connectivity index (χ1) is 24.2. The zero-order chi connectivity index (χ0) is 36.2. The Bertz CT molecular complexity index is 1810. The molecule has 14 nitrogen and oxygen atoms in total. The Morgan fingerprint density at radius 1 is 1.02 bits per heavy atom. The number of rotatable bonds is 7. The van der Waals surface area contributed by atoms with Crippen LogP contribution in [0.4, 0.5) is 9.59 Å². The predicted octanol–water partition coefficient (Wildman–Crippen LogP) is 4.28. The van der Waals surface area contributed by atoms with Crippen molar-refractivity contribution in [3.05, 3.63) is 59.5 Å². The molecule has 2 saturated heterocycles. The standard InChI is InChI=1S/C36H44BN5O9/c1-20(2)29(40-33(44)46-7)32(43)42-17-24(49-34(45)41-16-22-10-13-28-30(25(22)18-41)48-19-47-28)14-27(42)31-38-15-26(39-31)21-8-11-23(12-9-21)37-50-35(3,4)36(5,6)51-37/h8-13,15,20,24,27,29H,14,16-19H2,1-7H3,(H,38,39)(H,40,44)/t24-,27+,29?/m1/s1. The van der Waals surface area contributed by atoms with E-state index in [0.29, 0.717) is 36.8 Å². The summed E-state index contributed by atoms with van der Waals surface area (Å²) in [5.74, 6) is 1.29. The van der Waals surface area contributed by atoms with Crippen LogP contribution in [0.5, 0.6) is 11.5 Å². The number of H-pyrrole nitrogens is 1. The van der Waals surface area contributed by atoms with Gasteiger partial charge in [0, 0.05) is 18.5 Å². The molecule has 3 aromatic rings. The molecule has 270 valence electrons. The number of aromatic amines is 1. The van der Waals surface area contributed by atoms with Gasteiger partial charge in [0.15, 0.2) is 11.5 Å². The largest absolute Gasteiger partial charge is 0.494 e. The molecule has 0 bridgehead atoms. The second-order valence-corrected chi connectivity index (χ2v) is 14.8. The average Bonchev–Trinajstić information content (AvgIpc) is 3.92. The first-order valence-electron chi connectivity index (χ1n) is 17.3. The zero-order valence-corrected chi connectivity index (χ0v) is 30.0. The maximum absolute atomic E-state index is 14.1. The molecule has 4 aliphatic heterocycles. The first kappa shape index (κ1) is 34.7. The summed E-state index contributed by atoms with van der Waals surface area (Å²) < 4.78 is 34.4. The third-order valence-electron chi connectivity index (χ3n) is 10.6. The fourth-order valence-corrected chi connectivity index (χ4v) is 6.91. The summed E-state index contributed by atoms with van der Waals surface area (Å²) in [6.07, 6.45) is 0.201. The van der Waals surface area contributed by atoms with Gasteiger partial charge in [0.2, 0.25) is 12.7 Å². The number of hydrogen-bond acceptors (Lipinski definition) is 10. The highest BCUT2D eigenvalue weighted by Gasteiger charge is 2.51. The molecule has 7 rings (SSSR count). The van der Waals surface area contributed by atoms with Crippen LogP contribution in [-0.4, -0.2) is 88.8 Å². The number of hydrogen-bond donors (Lipinski definition) is 2. The van der Waals surface area contributed by atoms with E-state index in [4.69, 9.17) is 33.2 Å². The minimum atomic E-state index is -0.872. The van der Waals surface area contributed by atoms with Gasteiger partial charge in [0.25, 0.3) is 0 Å². The zero-order valence-electron chi connectivity index (χ0n) is 30.0.